The molecule has 0 N–H and O–H groups in total. The van der Waals surface area contributed by atoms with Gasteiger partial charge in [0.15, 0.2) is 5.78 Å². The minimum absolute atomic E-state index is 0.101. The Bertz CT molecular complexity index is 164. The van der Waals surface area contributed by atoms with Gasteiger partial charge in [-0.3, -0.25) is 4.79 Å². The molecule has 10 heavy (non-hydrogen) atoms. The Hall–Kier alpha value is -0.850. The summed E-state index contributed by atoms with van der Waals surface area (Å²) in [5.41, 5.74) is 1.15. The summed E-state index contributed by atoms with van der Waals surface area (Å²) >= 11 is 0. The van der Waals surface area contributed by atoms with Gasteiger partial charge in [-0.25, -0.2) is 0 Å². The van der Waals surface area contributed by atoms with Gasteiger partial charge in [-0.15, -0.1) is 0 Å². The van der Waals surface area contributed by atoms with Crippen LogP contribution in [0, 0.1) is 0 Å². The molecule has 0 saturated carbocycles. The minimum atomic E-state index is 0.101. The molecule has 0 aromatic carbocycles. The van der Waals surface area contributed by atoms with E-state index in [4.69, 9.17) is 0 Å². The molecule has 0 aromatic heterocycles. The zero-order valence-electron chi connectivity index (χ0n) is 6.85. The summed E-state index contributed by atoms with van der Waals surface area (Å²) in [5.74, 6) is 0.101. The highest BCUT2D eigenvalue weighted by molar-refractivity contribution is 5.87. The molecule has 0 bridgehead atoms. The van der Waals surface area contributed by atoms with Crippen LogP contribution in [0.5, 0.6) is 0 Å². The van der Waals surface area contributed by atoms with Crippen molar-refractivity contribution in [3.8, 4) is 0 Å². The van der Waals surface area contributed by atoms with Gasteiger partial charge in [-0.1, -0.05) is 24.6 Å². The molecular formula is C9H14O. The molecule has 0 aromatic rings. The van der Waals surface area contributed by atoms with E-state index in [-0.39, 0.29) is 5.78 Å². The fraction of sp³-hybridized carbons (Fsp3) is 0.444. The Morgan fingerprint density at radius 1 is 1.30 bits per heavy atom. The van der Waals surface area contributed by atoms with E-state index in [1.807, 2.05) is 13.0 Å². The maximum Gasteiger partial charge on any atom is 0.152 e. The van der Waals surface area contributed by atoms with E-state index < -0.39 is 0 Å². The van der Waals surface area contributed by atoms with Crippen molar-refractivity contribution in [1.29, 1.82) is 0 Å². The van der Waals surface area contributed by atoms with E-state index >= 15 is 0 Å². The standard InChI is InChI=1S/C9H14O/c1-4-5-8(2)6-7-9(3)10/h5-7H,4H2,1-3H3/b7-6+,8-5+. The first-order valence-electron chi connectivity index (χ1n) is 3.52. The normalized spacial score (nSPS) is 12.5. The van der Waals surface area contributed by atoms with Gasteiger partial charge in [0.05, 0.1) is 0 Å². The molecule has 0 spiro atoms. The highest BCUT2D eigenvalue weighted by Gasteiger charge is 1.82. The summed E-state index contributed by atoms with van der Waals surface area (Å²) in [4.78, 5) is 10.4. The van der Waals surface area contributed by atoms with E-state index in [0.29, 0.717) is 0 Å². The van der Waals surface area contributed by atoms with E-state index in [1.165, 1.54) is 0 Å². The number of hydrogen-bond donors (Lipinski definition) is 0. The molecule has 0 aliphatic heterocycles. The van der Waals surface area contributed by atoms with Crippen molar-refractivity contribution in [1.82, 2.24) is 0 Å². The summed E-state index contributed by atoms with van der Waals surface area (Å²) in [5, 5.41) is 0. The van der Waals surface area contributed by atoms with Crippen LogP contribution in [0.1, 0.15) is 27.2 Å². The average Bonchev–Trinajstić information content (AvgIpc) is 1.85. The Morgan fingerprint density at radius 3 is 2.30 bits per heavy atom. The van der Waals surface area contributed by atoms with Crippen LogP contribution in [0.3, 0.4) is 0 Å². The third-order valence-corrected chi connectivity index (χ3v) is 1.11. The van der Waals surface area contributed by atoms with Crippen molar-refractivity contribution in [2.24, 2.45) is 0 Å². The average molecular weight is 138 g/mol. The third-order valence-electron chi connectivity index (χ3n) is 1.11. The van der Waals surface area contributed by atoms with Crippen LogP contribution in [-0.4, -0.2) is 5.78 Å². The van der Waals surface area contributed by atoms with Gasteiger partial charge in [-0.2, -0.15) is 0 Å². The Labute approximate surface area is 62.4 Å². The highest BCUT2D eigenvalue weighted by atomic mass is 16.1. The van der Waals surface area contributed by atoms with E-state index in [2.05, 4.69) is 13.0 Å². The first-order chi connectivity index (χ1) is 4.66. The van der Waals surface area contributed by atoms with Crippen molar-refractivity contribution < 1.29 is 4.79 Å². The van der Waals surface area contributed by atoms with Crippen LogP contribution >= 0.6 is 0 Å². The first-order valence-corrected chi connectivity index (χ1v) is 3.52. The number of ketones is 1. The van der Waals surface area contributed by atoms with E-state index in [9.17, 15) is 4.79 Å². The fourth-order valence-electron chi connectivity index (χ4n) is 0.639. The van der Waals surface area contributed by atoms with Crippen molar-refractivity contribution in [2.75, 3.05) is 0 Å². The summed E-state index contributed by atoms with van der Waals surface area (Å²) in [7, 11) is 0. The highest BCUT2D eigenvalue weighted by Crippen LogP contribution is 1.96. The summed E-state index contributed by atoms with van der Waals surface area (Å²) in [6.45, 7) is 5.61. The molecule has 1 heteroatoms. The maximum atomic E-state index is 10.4. The molecule has 1 nitrogen and oxygen atoms in total. The molecule has 0 aliphatic carbocycles. The largest absolute Gasteiger partial charge is 0.295 e. The van der Waals surface area contributed by atoms with Gasteiger partial charge in [-0.05, 0) is 26.3 Å². The number of rotatable bonds is 3. The Kier molecular flexibility index (Phi) is 4.55. The Morgan fingerprint density at radius 2 is 1.90 bits per heavy atom. The van der Waals surface area contributed by atoms with Crippen LogP contribution < -0.4 is 0 Å². The van der Waals surface area contributed by atoms with Gasteiger partial charge in [0.2, 0.25) is 0 Å². The lowest BCUT2D eigenvalue weighted by atomic mass is 10.2. The number of carbonyl (C=O) groups is 1. The van der Waals surface area contributed by atoms with Crippen LogP contribution in [0.4, 0.5) is 0 Å². The second-order valence-electron chi connectivity index (χ2n) is 2.30. The molecule has 0 unspecified atom stereocenters. The Balaban J connectivity index is 3.89. The van der Waals surface area contributed by atoms with Crippen molar-refractivity contribution in [3.63, 3.8) is 0 Å². The lowest BCUT2D eigenvalue weighted by molar-refractivity contribution is -0.112. The molecular weight excluding hydrogens is 124 g/mol. The van der Waals surface area contributed by atoms with Crippen LogP contribution in [0.25, 0.3) is 0 Å². The van der Waals surface area contributed by atoms with Gasteiger partial charge in [0, 0.05) is 0 Å². The monoisotopic (exact) mass is 138 g/mol. The van der Waals surface area contributed by atoms with Gasteiger partial charge >= 0.3 is 0 Å². The molecule has 0 radical (unpaired) electrons. The topological polar surface area (TPSA) is 17.1 Å². The molecule has 0 rings (SSSR count). The van der Waals surface area contributed by atoms with E-state index in [1.54, 1.807) is 13.0 Å². The second kappa shape index (κ2) is 4.98. The lowest BCUT2D eigenvalue weighted by Crippen LogP contribution is -1.79. The molecule has 0 fully saturated rings. The molecule has 0 aliphatic rings. The molecule has 0 atom stereocenters. The smallest absolute Gasteiger partial charge is 0.152 e. The summed E-state index contributed by atoms with van der Waals surface area (Å²) in [6.07, 6.45) is 6.53. The third kappa shape index (κ3) is 5.29. The number of hydrogen-bond acceptors (Lipinski definition) is 1. The zero-order valence-corrected chi connectivity index (χ0v) is 6.85. The predicted octanol–water partition coefficient (Wildman–Crippen LogP) is 2.49. The fourth-order valence-corrected chi connectivity index (χ4v) is 0.639. The minimum Gasteiger partial charge on any atom is -0.295 e. The van der Waals surface area contributed by atoms with Crippen LogP contribution in [0.2, 0.25) is 0 Å². The van der Waals surface area contributed by atoms with Crippen LogP contribution in [-0.2, 0) is 4.79 Å². The number of allylic oxidation sites excluding steroid dienone is 4. The number of carbonyl (C=O) groups excluding carboxylic acids is 1. The van der Waals surface area contributed by atoms with Gasteiger partial charge in [0.1, 0.15) is 0 Å². The molecule has 56 valence electrons. The van der Waals surface area contributed by atoms with Gasteiger partial charge < -0.3 is 0 Å². The summed E-state index contributed by atoms with van der Waals surface area (Å²) < 4.78 is 0. The summed E-state index contributed by atoms with van der Waals surface area (Å²) in [6, 6.07) is 0. The SMILES string of the molecule is CC/C=C(C)/C=C/C(C)=O. The molecule has 0 amide bonds. The predicted molar refractivity (Wildman–Crippen MR) is 43.9 cm³/mol. The van der Waals surface area contributed by atoms with Crippen molar-refractivity contribution in [2.45, 2.75) is 27.2 Å². The maximum absolute atomic E-state index is 10.4. The molecule has 0 heterocycles. The van der Waals surface area contributed by atoms with Crippen molar-refractivity contribution in [3.05, 3.63) is 23.8 Å². The lowest BCUT2D eigenvalue weighted by Gasteiger charge is -1.87. The first kappa shape index (κ1) is 9.15. The quantitative estimate of drug-likeness (QED) is 0.432. The second-order valence-corrected chi connectivity index (χ2v) is 2.30. The van der Waals surface area contributed by atoms with Crippen LogP contribution in [0.15, 0.2) is 23.8 Å². The van der Waals surface area contributed by atoms with E-state index in [0.717, 1.165) is 12.0 Å². The van der Waals surface area contributed by atoms with Gasteiger partial charge in [0.25, 0.3) is 0 Å². The zero-order chi connectivity index (χ0) is 7.98. The van der Waals surface area contributed by atoms with Crippen molar-refractivity contribution >= 4 is 5.78 Å². The molecule has 0 saturated heterocycles.